The van der Waals surface area contributed by atoms with Gasteiger partial charge in [-0.1, -0.05) is 12.1 Å². The van der Waals surface area contributed by atoms with Crippen molar-refractivity contribution in [3.8, 4) is 17.2 Å². The predicted octanol–water partition coefficient (Wildman–Crippen LogP) is 4.23. The molecule has 2 aromatic rings. The average molecular weight is 433 g/mol. The topological polar surface area (TPSA) is 86.5 Å². The lowest BCUT2D eigenvalue weighted by molar-refractivity contribution is 0.0451. The second-order valence-corrected chi connectivity index (χ2v) is 8.70. The molecule has 0 N–H and O–H groups in total. The van der Waals surface area contributed by atoms with Crippen LogP contribution in [0.5, 0.6) is 0 Å². The number of hydrogen-bond acceptors (Lipinski definition) is 5. The zero-order valence-corrected chi connectivity index (χ0v) is 18.5. The lowest BCUT2D eigenvalue weighted by Crippen LogP contribution is -2.50. The first-order valence-electron chi connectivity index (χ1n) is 11.2. The van der Waals surface area contributed by atoms with Crippen molar-refractivity contribution in [2.75, 3.05) is 13.1 Å². The number of piperidine rings is 1. The highest BCUT2D eigenvalue weighted by Crippen LogP contribution is 2.34. The fraction of sp³-hybridized carbons (Fsp3) is 0.440. The van der Waals surface area contributed by atoms with Crippen molar-refractivity contribution < 1.29 is 14.3 Å². The van der Waals surface area contributed by atoms with Crippen LogP contribution in [0.2, 0.25) is 0 Å². The van der Waals surface area contributed by atoms with Crippen molar-refractivity contribution in [1.29, 1.82) is 5.26 Å². The van der Waals surface area contributed by atoms with E-state index in [9.17, 15) is 14.9 Å². The van der Waals surface area contributed by atoms with Crippen molar-refractivity contribution >= 4 is 12.0 Å². The second-order valence-electron chi connectivity index (χ2n) is 8.70. The molecule has 1 aliphatic carbocycles. The number of benzene rings is 1. The van der Waals surface area contributed by atoms with Gasteiger partial charge >= 0.3 is 6.09 Å². The molecule has 0 radical (unpaired) electrons. The molecule has 1 saturated heterocycles. The molecular formula is C25H28N4O3. The molecule has 2 amide bonds. The Labute approximate surface area is 188 Å². The molecule has 1 aromatic heterocycles. The summed E-state index contributed by atoms with van der Waals surface area (Å²) in [6.07, 6.45) is 6.38. The van der Waals surface area contributed by atoms with E-state index in [0.717, 1.165) is 36.8 Å². The quantitative estimate of drug-likeness (QED) is 0.706. The molecular weight excluding hydrogens is 404 g/mol. The predicted molar refractivity (Wildman–Crippen MR) is 120 cm³/mol. The van der Waals surface area contributed by atoms with Crippen LogP contribution in [-0.4, -0.2) is 58.1 Å². The molecule has 0 unspecified atom stereocenters. The Morgan fingerprint density at radius 1 is 1.09 bits per heavy atom. The van der Waals surface area contributed by atoms with Gasteiger partial charge in [-0.2, -0.15) is 5.26 Å². The number of rotatable bonds is 5. The number of nitriles is 1. The van der Waals surface area contributed by atoms with E-state index < -0.39 is 0 Å². The Morgan fingerprint density at radius 3 is 2.34 bits per heavy atom. The van der Waals surface area contributed by atoms with Gasteiger partial charge in [0.25, 0.3) is 5.91 Å². The molecule has 166 valence electrons. The van der Waals surface area contributed by atoms with Gasteiger partial charge in [0.15, 0.2) is 0 Å². The molecule has 4 rings (SSSR count). The van der Waals surface area contributed by atoms with Crippen molar-refractivity contribution in [2.24, 2.45) is 0 Å². The minimum absolute atomic E-state index is 0.0393. The lowest BCUT2D eigenvalue weighted by Gasteiger charge is -2.38. The Hall–Kier alpha value is -3.40. The van der Waals surface area contributed by atoms with Gasteiger partial charge in [0.05, 0.1) is 11.7 Å². The Kier molecular flexibility index (Phi) is 6.40. The lowest BCUT2D eigenvalue weighted by atomic mass is 9.99. The van der Waals surface area contributed by atoms with Gasteiger partial charge in [-0.25, -0.2) is 4.79 Å². The summed E-state index contributed by atoms with van der Waals surface area (Å²) in [7, 11) is 0. The molecule has 1 aromatic carbocycles. The normalized spacial score (nSPS) is 16.5. The Balaban J connectivity index is 1.45. The van der Waals surface area contributed by atoms with E-state index in [1.807, 2.05) is 49.1 Å². The SMILES string of the molecule is CC(C)OC(=O)N1CCC(N(C(=O)c2ccc(-c3ccncc3C#N)cc2)C2CC2)CC1. The first kappa shape index (κ1) is 21.8. The zero-order chi connectivity index (χ0) is 22.7. The highest BCUT2D eigenvalue weighted by Gasteiger charge is 2.39. The molecule has 7 nitrogen and oxygen atoms in total. The smallest absolute Gasteiger partial charge is 0.410 e. The molecule has 1 aliphatic heterocycles. The fourth-order valence-electron chi connectivity index (χ4n) is 4.26. The van der Waals surface area contributed by atoms with E-state index in [4.69, 9.17) is 4.74 Å². The maximum absolute atomic E-state index is 13.4. The van der Waals surface area contributed by atoms with Crippen molar-refractivity contribution in [1.82, 2.24) is 14.8 Å². The zero-order valence-electron chi connectivity index (χ0n) is 18.5. The Bertz CT molecular complexity index is 1020. The van der Waals surface area contributed by atoms with E-state index in [1.54, 1.807) is 17.3 Å². The maximum Gasteiger partial charge on any atom is 0.410 e. The van der Waals surface area contributed by atoms with E-state index >= 15 is 0 Å². The standard InChI is InChI=1S/C25H28N4O3/c1-17(2)32-25(31)28-13-10-22(11-14-28)29(21-7-8-21)24(30)19-5-3-18(4-6-19)23-9-12-27-16-20(23)15-26/h3-6,9,12,16-17,21-22H,7-8,10-11,13-14H2,1-2H3. The molecule has 32 heavy (non-hydrogen) atoms. The third kappa shape index (κ3) is 4.75. The highest BCUT2D eigenvalue weighted by atomic mass is 16.6. The highest BCUT2D eigenvalue weighted by molar-refractivity contribution is 5.95. The molecule has 0 bridgehead atoms. The van der Waals surface area contributed by atoms with Crippen LogP contribution in [0.15, 0.2) is 42.7 Å². The van der Waals surface area contributed by atoms with Crippen LogP contribution >= 0.6 is 0 Å². The summed E-state index contributed by atoms with van der Waals surface area (Å²) >= 11 is 0. The molecule has 2 heterocycles. The van der Waals surface area contributed by atoms with E-state index in [1.165, 1.54) is 0 Å². The second kappa shape index (κ2) is 9.39. The number of hydrogen-bond donors (Lipinski definition) is 0. The molecule has 0 spiro atoms. The molecule has 0 atom stereocenters. The summed E-state index contributed by atoms with van der Waals surface area (Å²) in [6, 6.07) is 11.8. The summed E-state index contributed by atoms with van der Waals surface area (Å²) in [4.78, 5) is 33.4. The van der Waals surface area contributed by atoms with Crippen molar-refractivity contribution in [3.05, 3.63) is 53.9 Å². The van der Waals surface area contributed by atoms with E-state index in [-0.39, 0.29) is 30.2 Å². The number of nitrogens with zero attached hydrogens (tertiary/aromatic N) is 4. The minimum atomic E-state index is -0.272. The number of likely N-dealkylation sites (tertiary alicyclic amines) is 1. The maximum atomic E-state index is 13.4. The van der Waals surface area contributed by atoms with Crippen LogP contribution < -0.4 is 0 Å². The van der Waals surface area contributed by atoms with Gasteiger partial charge in [-0.15, -0.1) is 0 Å². The van der Waals surface area contributed by atoms with Crippen LogP contribution in [-0.2, 0) is 4.74 Å². The first-order valence-corrected chi connectivity index (χ1v) is 11.2. The summed E-state index contributed by atoms with van der Waals surface area (Å²) < 4.78 is 5.31. The summed E-state index contributed by atoms with van der Waals surface area (Å²) in [5.74, 6) is 0.0393. The number of amides is 2. The first-order chi connectivity index (χ1) is 15.5. The molecule has 7 heteroatoms. The van der Waals surface area contributed by atoms with E-state index in [2.05, 4.69) is 11.1 Å². The number of carbonyl (C=O) groups excluding carboxylic acids is 2. The number of aromatic nitrogens is 1. The number of carbonyl (C=O) groups is 2. The van der Waals surface area contributed by atoms with Crippen molar-refractivity contribution in [2.45, 2.75) is 57.7 Å². The number of pyridine rings is 1. The number of ether oxygens (including phenoxy) is 1. The van der Waals surface area contributed by atoms with Gasteiger partial charge in [0, 0.05) is 48.7 Å². The molecule has 2 aliphatic rings. The van der Waals surface area contributed by atoms with Gasteiger partial charge in [0.1, 0.15) is 6.07 Å². The monoisotopic (exact) mass is 432 g/mol. The average Bonchev–Trinajstić information content (AvgIpc) is 3.64. The summed E-state index contributed by atoms with van der Waals surface area (Å²) in [5.41, 5.74) is 2.85. The fourth-order valence-corrected chi connectivity index (χ4v) is 4.26. The third-order valence-corrected chi connectivity index (χ3v) is 6.01. The largest absolute Gasteiger partial charge is 0.447 e. The Morgan fingerprint density at radius 2 is 1.75 bits per heavy atom. The van der Waals surface area contributed by atoms with Crippen LogP contribution in [0.3, 0.4) is 0 Å². The van der Waals surface area contributed by atoms with Crippen LogP contribution in [0, 0.1) is 11.3 Å². The van der Waals surface area contributed by atoms with E-state index in [0.29, 0.717) is 24.2 Å². The summed E-state index contributed by atoms with van der Waals surface area (Å²) in [5, 5.41) is 9.32. The van der Waals surface area contributed by atoms with Crippen LogP contribution in [0.1, 0.15) is 55.5 Å². The van der Waals surface area contributed by atoms with Crippen LogP contribution in [0.25, 0.3) is 11.1 Å². The summed E-state index contributed by atoms with van der Waals surface area (Å²) in [6.45, 7) is 4.90. The van der Waals surface area contributed by atoms with Crippen LogP contribution in [0.4, 0.5) is 4.79 Å². The van der Waals surface area contributed by atoms with Gasteiger partial charge in [-0.05, 0) is 63.3 Å². The van der Waals surface area contributed by atoms with Gasteiger partial charge in [-0.3, -0.25) is 9.78 Å². The third-order valence-electron chi connectivity index (χ3n) is 6.01. The minimum Gasteiger partial charge on any atom is -0.447 e. The van der Waals surface area contributed by atoms with Gasteiger partial charge < -0.3 is 14.5 Å². The molecule has 2 fully saturated rings. The molecule has 1 saturated carbocycles. The van der Waals surface area contributed by atoms with Crippen molar-refractivity contribution in [3.63, 3.8) is 0 Å². The van der Waals surface area contributed by atoms with Gasteiger partial charge in [0.2, 0.25) is 0 Å².